The summed E-state index contributed by atoms with van der Waals surface area (Å²) in [6, 6.07) is 0. The molecule has 0 aromatic heterocycles. The first-order chi connectivity index (χ1) is 6.20. The molecule has 0 saturated carbocycles. The van der Waals surface area contributed by atoms with Crippen LogP contribution in [0.25, 0.3) is 0 Å². The normalized spacial score (nSPS) is 13.2. The first-order valence-corrected chi connectivity index (χ1v) is 6.06. The Bertz CT molecular complexity index is 153. The van der Waals surface area contributed by atoms with E-state index in [9.17, 15) is 0 Å². The largest absolute Gasteiger partial charge is 0.370 e. The van der Waals surface area contributed by atoms with Gasteiger partial charge in [0.05, 0.1) is 6.54 Å². The second-order valence-corrected chi connectivity index (χ2v) is 4.33. The lowest BCUT2D eigenvalue weighted by atomic mass is 10.3. The Balaban J connectivity index is 0. The third kappa shape index (κ3) is 10.4. The van der Waals surface area contributed by atoms with Crippen LogP contribution in [0.2, 0.25) is 0 Å². The van der Waals surface area contributed by atoms with Crippen LogP contribution in [-0.4, -0.2) is 30.6 Å². The molecule has 5 heteroatoms. The van der Waals surface area contributed by atoms with E-state index in [1.54, 1.807) is 11.8 Å². The molecule has 0 spiro atoms. The van der Waals surface area contributed by atoms with Gasteiger partial charge in [0.15, 0.2) is 5.96 Å². The van der Waals surface area contributed by atoms with Gasteiger partial charge in [-0.2, -0.15) is 11.8 Å². The van der Waals surface area contributed by atoms with Gasteiger partial charge in [0, 0.05) is 11.8 Å². The summed E-state index contributed by atoms with van der Waals surface area (Å²) in [5.41, 5.74) is 5.65. The Morgan fingerprint density at radius 2 is 2.21 bits per heavy atom. The maximum atomic E-state index is 5.65. The van der Waals surface area contributed by atoms with Crippen LogP contribution in [-0.2, 0) is 0 Å². The summed E-state index contributed by atoms with van der Waals surface area (Å²) in [5, 5.41) is 3.63. The molecule has 0 aromatic rings. The minimum absolute atomic E-state index is 0. The number of halogens is 1. The second kappa shape index (κ2) is 11.4. The van der Waals surface area contributed by atoms with Gasteiger partial charge in [-0.15, -0.1) is 24.0 Å². The Hall–Kier alpha value is 0.350. The lowest BCUT2D eigenvalue weighted by molar-refractivity contribution is 0.747. The van der Waals surface area contributed by atoms with Crippen molar-refractivity contribution in [3.63, 3.8) is 0 Å². The molecule has 3 N–H and O–H groups in total. The number of guanidine groups is 1. The van der Waals surface area contributed by atoms with Crippen LogP contribution in [0.4, 0.5) is 0 Å². The summed E-state index contributed by atoms with van der Waals surface area (Å²) >= 11 is 1.80. The zero-order valence-electron chi connectivity index (χ0n) is 9.25. The van der Waals surface area contributed by atoms with Crippen LogP contribution in [0.1, 0.15) is 26.7 Å². The summed E-state index contributed by atoms with van der Waals surface area (Å²) in [7, 11) is 0. The molecule has 14 heavy (non-hydrogen) atoms. The van der Waals surface area contributed by atoms with E-state index in [0.29, 0.717) is 11.2 Å². The summed E-state index contributed by atoms with van der Waals surface area (Å²) in [6.07, 6.45) is 4.41. The second-order valence-electron chi connectivity index (χ2n) is 3.05. The van der Waals surface area contributed by atoms with Crippen LogP contribution in [0, 0.1) is 0 Å². The predicted octanol–water partition coefficient (Wildman–Crippen LogP) is 2.06. The topological polar surface area (TPSA) is 50.4 Å². The predicted molar refractivity (Wildman–Crippen MR) is 77.8 cm³/mol. The lowest BCUT2D eigenvalue weighted by Gasteiger charge is -2.06. The Labute approximate surface area is 109 Å². The number of rotatable bonds is 6. The summed E-state index contributed by atoms with van der Waals surface area (Å²) < 4.78 is 0. The first-order valence-electron chi connectivity index (χ1n) is 4.77. The fourth-order valence-corrected chi connectivity index (χ4v) is 0.974. The number of hydrogen-bond acceptors (Lipinski definition) is 2. The van der Waals surface area contributed by atoms with E-state index in [2.05, 4.69) is 30.4 Å². The number of nitrogens with two attached hydrogens (primary N) is 1. The zero-order chi connectivity index (χ0) is 10.1. The van der Waals surface area contributed by atoms with Gasteiger partial charge in [0.2, 0.25) is 0 Å². The minimum Gasteiger partial charge on any atom is -0.370 e. The molecular formula is C9H22IN3S. The molecule has 0 rings (SSSR count). The molecule has 0 heterocycles. The van der Waals surface area contributed by atoms with Crippen molar-refractivity contribution >= 4 is 41.7 Å². The van der Waals surface area contributed by atoms with Gasteiger partial charge in [-0.25, -0.2) is 0 Å². The Kier molecular flexibility index (Phi) is 13.7. The minimum atomic E-state index is 0. The Morgan fingerprint density at radius 1 is 1.57 bits per heavy atom. The molecule has 0 aliphatic heterocycles. The molecular weight excluding hydrogens is 309 g/mol. The molecule has 1 unspecified atom stereocenters. The quantitative estimate of drug-likeness (QED) is 0.339. The molecule has 0 fully saturated rings. The van der Waals surface area contributed by atoms with Crippen molar-refractivity contribution in [3.05, 3.63) is 0 Å². The van der Waals surface area contributed by atoms with Crippen molar-refractivity contribution in [2.75, 3.05) is 19.3 Å². The number of nitrogens with one attached hydrogen (secondary N) is 1. The highest BCUT2D eigenvalue weighted by molar-refractivity contribution is 14.0. The average molecular weight is 331 g/mol. The van der Waals surface area contributed by atoms with E-state index >= 15 is 0 Å². The highest BCUT2D eigenvalue weighted by Crippen LogP contribution is 2.03. The van der Waals surface area contributed by atoms with E-state index in [4.69, 9.17) is 5.73 Å². The molecule has 0 radical (unpaired) electrons. The molecule has 3 nitrogen and oxygen atoms in total. The number of unbranched alkanes of at least 4 members (excludes halogenated alkanes) is 1. The van der Waals surface area contributed by atoms with Gasteiger partial charge in [0.25, 0.3) is 0 Å². The molecule has 1 atom stereocenters. The molecule has 0 amide bonds. The van der Waals surface area contributed by atoms with Crippen LogP contribution in [0.5, 0.6) is 0 Å². The smallest absolute Gasteiger partial charge is 0.188 e. The van der Waals surface area contributed by atoms with Crippen molar-refractivity contribution < 1.29 is 0 Å². The fourth-order valence-electron chi connectivity index (χ4n) is 0.751. The highest BCUT2D eigenvalue weighted by Gasteiger charge is 1.97. The highest BCUT2D eigenvalue weighted by atomic mass is 127. The standard InChI is InChI=1S/C9H21N3S.HI/c1-4-5-6-11-9(10)12-7-8(2)13-3;/h8H,4-7H2,1-3H3,(H3,10,11,12);1H. The van der Waals surface area contributed by atoms with Crippen molar-refractivity contribution in [3.8, 4) is 0 Å². The SMILES string of the molecule is CCCCNC(N)=NCC(C)SC.I. The molecule has 0 aromatic carbocycles. The zero-order valence-corrected chi connectivity index (χ0v) is 12.4. The summed E-state index contributed by atoms with van der Waals surface area (Å²) in [5.74, 6) is 0.578. The van der Waals surface area contributed by atoms with Crippen LogP contribution < -0.4 is 11.1 Å². The van der Waals surface area contributed by atoms with Gasteiger partial charge in [-0.05, 0) is 12.7 Å². The van der Waals surface area contributed by atoms with Crippen molar-refractivity contribution in [2.24, 2.45) is 10.7 Å². The lowest BCUT2D eigenvalue weighted by Crippen LogP contribution is -2.33. The molecule has 0 saturated heterocycles. The van der Waals surface area contributed by atoms with Crippen molar-refractivity contribution in [1.29, 1.82) is 0 Å². The third-order valence-electron chi connectivity index (χ3n) is 1.76. The molecule has 0 bridgehead atoms. The van der Waals surface area contributed by atoms with Crippen LogP contribution in [0.3, 0.4) is 0 Å². The van der Waals surface area contributed by atoms with Gasteiger partial charge in [-0.1, -0.05) is 20.3 Å². The molecule has 0 aliphatic carbocycles. The molecule has 86 valence electrons. The Morgan fingerprint density at radius 3 is 2.71 bits per heavy atom. The summed E-state index contributed by atoms with van der Waals surface area (Å²) in [4.78, 5) is 4.23. The maximum Gasteiger partial charge on any atom is 0.188 e. The number of hydrogen-bond donors (Lipinski definition) is 2. The number of thioether (sulfide) groups is 1. The average Bonchev–Trinajstić information content (AvgIpc) is 2.14. The van der Waals surface area contributed by atoms with Gasteiger partial charge in [-0.3, -0.25) is 4.99 Å². The summed E-state index contributed by atoms with van der Waals surface area (Å²) in [6.45, 7) is 6.03. The van der Waals surface area contributed by atoms with Gasteiger partial charge >= 0.3 is 0 Å². The molecule has 0 aliphatic rings. The fraction of sp³-hybridized carbons (Fsp3) is 0.889. The van der Waals surface area contributed by atoms with Crippen molar-refractivity contribution in [2.45, 2.75) is 31.9 Å². The van der Waals surface area contributed by atoms with E-state index in [1.165, 1.54) is 6.42 Å². The third-order valence-corrected chi connectivity index (χ3v) is 2.71. The monoisotopic (exact) mass is 331 g/mol. The maximum absolute atomic E-state index is 5.65. The van der Waals surface area contributed by atoms with E-state index in [-0.39, 0.29) is 24.0 Å². The van der Waals surface area contributed by atoms with Gasteiger partial charge < -0.3 is 11.1 Å². The van der Waals surface area contributed by atoms with Crippen LogP contribution >= 0.6 is 35.7 Å². The van der Waals surface area contributed by atoms with E-state index in [1.807, 2.05) is 0 Å². The number of aliphatic imine (C=N–C) groups is 1. The first kappa shape index (κ1) is 16.8. The van der Waals surface area contributed by atoms with E-state index < -0.39 is 0 Å². The van der Waals surface area contributed by atoms with Crippen molar-refractivity contribution in [1.82, 2.24) is 5.32 Å². The van der Waals surface area contributed by atoms with Gasteiger partial charge in [0.1, 0.15) is 0 Å². The van der Waals surface area contributed by atoms with Crippen LogP contribution in [0.15, 0.2) is 4.99 Å². The van der Waals surface area contributed by atoms with E-state index in [0.717, 1.165) is 19.5 Å². The number of nitrogens with zero attached hydrogens (tertiary/aromatic N) is 1.